The number of benzene rings is 1. The number of hydrogen-bond acceptors (Lipinski definition) is 6. The van der Waals surface area contributed by atoms with Crippen LogP contribution >= 0.6 is 11.3 Å². The summed E-state index contributed by atoms with van der Waals surface area (Å²) in [6, 6.07) is 14.2. The maximum absolute atomic E-state index is 14.3. The lowest BCUT2D eigenvalue weighted by molar-refractivity contribution is 0.0935. The highest BCUT2D eigenvalue weighted by Gasteiger charge is 2.23. The molecule has 0 aliphatic carbocycles. The third-order valence-electron chi connectivity index (χ3n) is 5.48. The van der Waals surface area contributed by atoms with E-state index in [1.54, 1.807) is 22.7 Å². The molecule has 1 fully saturated rings. The van der Waals surface area contributed by atoms with E-state index >= 15 is 0 Å². The molecule has 7 nitrogen and oxygen atoms in total. The van der Waals surface area contributed by atoms with E-state index in [9.17, 15) is 9.18 Å². The third kappa shape index (κ3) is 3.88. The Morgan fingerprint density at radius 3 is 2.65 bits per heavy atom. The van der Waals surface area contributed by atoms with Crippen LogP contribution in [0.2, 0.25) is 0 Å². The number of piperidine rings is 1. The first-order chi connectivity index (χ1) is 15.1. The molecular weight excluding hydrogens is 415 g/mol. The van der Waals surface area contributed by atoms with Gasteiger partial charge in [-0.2, -0.15) is 4.52 Å². The number of nitrogens with zero attached hydrogens (tertiary/aromatic N) is 5. The van der Waals surface area contributed by atoms with Crippen molar-refractivity contribution in [1.82, 2.24) is 25.1 Å². The van der Waals surface area contributed by atoms with E-state index < -0.39 is 0 Å². The predicted molar refractivity (Wildman–Crippen MR) is 118 cm³/mol. The number of carbonyl (C=O) groups excluding carboxylic acids is 1. The number of aryl methyl sites for hydroxylation is 1. The molecule has 9 heteroatoms. The molecule has 0 atom stereocenters. The standard InChI is InChI=1S/C22H21FN6OS/c1-14-6-7-18(31-14)22(30)24-15-10-12-28(13-11-15)20-9-8-19-25-26-21(29(19)27-20)16-4-2-3-5-17(16)23/h2-9,15H,10-13H2,1H3,(H,24,30). The third-order valence-corrected chi connectivity index (χ3v) is 6.48. The van der Waals surface area contributed by atoms with Crippen molar-refractivity contribution in [3.8, 4) is 11.4 Å². The van der Waals surface area contributed by atoms with E-state index in [1.807, 2.05) is 31.2 Å². The Labute approximate surface area is 182 Å². The predicted octanol–water partition coefficient (Wildman–Crippen LogP) is 3.70. The second-order valence-electron chi connectivity index (χ2n) is 7.61. The van der Waals surface area contributed by atoms with Gasteiger partial charge in [0.1, 0.15) is 11.6 Å². The van der Waals surface area contributed by atoms with Crippen molar-refractivity contribution >= 4 is 28.7 Å². The quantitative estimate of drug-likeness (QED) is 0.528. The highest BCUT2D eigenvalue weighted by molar-refractivity contribution is 7.13. The molecule has 0 saturated carbocycles. The highest BCUT2D eigenvalue weighted by atomic mass is 32.1. The van der Waals surface area contributed by atoms with Crippen LogP contribution in [0.1, 0.15) is 27.4 Å². The number of hydrogen-bond donors (Lipinski definition) is 1. The van der Waals surface area contributed by atoms with Crippen molar-refractivity contribution in [3.05, 3.63) is 64.1 Å². The molecule has 1 aliphatic rings. The average Bonchev–Trinajstić information content (AvgIpc) is 3.40. The summed E-state index contributed by atoms with van der Waals surface area (Å²) in [5, 5.41) is 16.1. The van der Waals surface area contributed by atoms with E-state index in [-0.39, 0.29) is 17.8 Å². The molecule has 0 radical (unpaired) electrons. The number of carbonyl (C=O) groups is 1. The topological polar surface area (TPSA) is 75.4 Å². The van der Waals surface area contributed by atoms with Crippen molar-refractivity contribution in [1.29, 1.82) is 0 Å². The highest BCUT2D eigenvalue weighted by Crippen LogP contribution is 2.24. The van der Waals surface area contributed by atoms with Crippen LogP contribution in [-0.4, -0.2) is 44.8 Å². The second-order valence-corrected chi connectivity index (χ2v) is 8.90. The number of anilines is 1. The molecule has 0 spiro atoms. The fourth-order valence-corrected chi connectivity index (χ4v) is 4.60. The fourth-order valence-electron chi connectivity index (χ4n) is 3.82. The van der Waals surface area contributed by atoms with Crippen molar-refractivity contribution < 1.29 is 9.18 Å². The minimum Gasteiger partial charge on any atom is -0.355 e. The molecule has 1 amide bonds. The van der Waals surface area contributed by atoms with Gasteiger partial charge in [0.25, 0.3) is 5.91 Å². The van der Waals surface area contributed by atoms with Gasteiger partial charge in [-0.25, -0.2) is 4.39 Å². The number of thiophene rings is 1. The van der Waals surface area contributed by atoms with Gasteiger partial charge < -0.3 is 10.2 Å². The number of nitrogens with one attached hydrogen (secondary N) is 1. The first-order valence-corrected chi connectivity index (χ1v) is 11.0. The van der Waals surface area contributed by atoms with Gasteiger partial charge in [0, 0.05) is 24.0 Å². The summed E-state index contributed by atoms with van der Waals surface area (Å²) in [5.41, 5.74) is 0.931. The molecule has 31 heavy (non-hydrogen) atoms. The Bertz CT molecular complexity index is 1240. The van der Waals surface area contributed by atoms with Crippen LogP contribution in [0.3, 0.4) is 0 Å². The van der Waals surface area contributed by atoms with E-state index in [0.29, 0.717) is 17.0 Å². The van der Waals surface area contributed by atoms with Crippen LogP contribution in [0.15, 0.2) is 48.5 Å². The molecule has 0 unspecified atom stereocenters. The lowest BCUT2D eigenvalue weighted by Gasteiger charge is -2.33. The number of rotatable bonds is 4. The molecule has 1 aromatic carbocycles. The molecule has 4 heterocycles. The van der Waals surface area contributed by atoms with Crippen molar-refractivity contribution in [3.63, 3.8) is 0 Å². The van der Waals surface area contributed by atoms with Crippen LogP contribution in [0.5, 0.6) is 0 Å². The number of aromatic nitrogens is 4. The lowest BCUT2D eigenvalue weighted by atomic mass is 10.0. The zero-order valence-electron chi connectivity index (χ0n) is 17.0. The SMILES string of the molecule is Cc1ccc(C(=O)NC2CCN(c3ccc4nnc(-c5ccccc5F)n4n3)CC2)s1. The molecule has 1 saturated heterocycles. The van der Waals surface area contributed by atoms with Crippen molar-refractivity contribution in [2.45, 2.75) is 25.8 Å². The van der Waals surface area contributed by atoms with E-state index in [0.717, 1.165) is 41.5 Å². The molecular formula is C22H21FN6OS. The summed E-state index contributed by atoms with van der Waals surface area (Å²) in [6.45, 7) is 3.53. The van der Waals surface area contributed by atoms with Gasteiger partial charge in [0.05, 0.1) is 10.4 Å². The van der Waals surface area contributed by atoms with Gasteiger partial charge in [0.2, 0.25) is 0 Å². The number of fused-ring (bicyclic) bond motifs is 1. The largest absolute Gasteiger partial charge is 0.355 e. The summed E-state index contributed by atoms with van der Waals surface area (Å²) in [4.78, 5) is 16.5. The number of halogens is 1. The second kappa shape index (κ2) is 8.07. The Morgan fingerprint density at radius 2 is 1.90 bits per heavy atom. The molecule has 3 aromatic heterocycles. The minimum absolute atomic E-state index is 0.00452. The summed E-state index contributed by atoms with van der Waals surface area (Å²) in [6.07, 6.45) is 1.66. The zero-order chi connectivity index (χ0) is 21.4. The Kier molecular flexibility index (Phi) is 5.11. The van der Waals surface area contributed by atoms with Crippen LogP contribution in [0.25, 0.3) is 17.0 Å². The molecule has 4 aromatic rings. The summed E-state index contributed by atoms with van der Waals surface area (Å²) < 4.78 is 15.8. The smallest absolute Gasteiger partial charge is 0.261 e. The fraction of sp³-hybridized carbons (Fsp3) is 0.273. The van der Waals surface area contributed by atoms with Gasteiger partial charge in [0.15, 0.2) is 11.5 Å². The van der Waals surface area contributed by atoms with Crippen molar-refractivity contribution in [2.75, 3.05) is 18.0 Å². The van der Waals surface area contributed by atoms with E-state index in [1.165, 1.54) is 17.4 Å². The van der Waals surface area contributed by atoms with E-state index in [2.05, 4.69) is 25.5 Å². The van der Waals surface area contributed by atoms with Crippen molar-refractivity contribution in [2.24, 2.45) is 0 Å². The average molecular weight is 437 g/mol. The normalized spacial score (nSPS) is 14.8. The summed E-state index contributed by atoms with van der Waals surface area (Å²) >= 11 is 1.51. The molecule has 158 valence electrons. The first-order valence-electron chi connectivity index (χ1n) is 10.2. The van der Waals surface area contributed by atoms with Gasteiger partial charge in [-0.15, -0.1) is 26.6 Å². The van der Waals surface area contributed by atoms with Gasteiger partial charge >= 0.3 is 0 Å². The van der Waals surface area contributed by atoms with Gasteiger partial charge in [-0.3, -0.25) is 4.79 Å². The van der Waals surface area contributed by atoms with Gasteiger partial charge in [-0.05, 0) is 56.2 Å². The monoisotopic (exact) mass is 436 g/mol. The number of amides is 1. The maximum atomic E-state index is 14.3. The van der Waals surface area contributed by atoms with Crippen LogP contribution < -0.4 is 10.2 Å². The van der Waals surface area contributed by atoms with Gasteiger partial charge in [-0.1, -0.05) is 12.1 Å². The van der Waals surface area contributed by atoms with Crippen LogP contribution in [0, 0.1) is 12.7 Å². The summed E-state index contributed by atoms with van der Waals surface area (Å²) in [5.74, 6) is 0.795. The maximum Gasteiger partial charge on any atom is 0.261 e. The molecule has 0 bridgehead atoms. The Hall–Kier alpha value is -3.33. The zero-order valence-corrected chi connectivity index (χ0v) is 17.8. The van der Waals surface area contributed by atoms with E-state index in [4.69, 9.17) is 0 Å². The Balaban J connectivity index is 1.30. The molecule has 1 N–H and O–H groups in total. The van der Waals surface area contributed by atoms with Crippen LogP contribution in [-0.2, 0) is 0 Å². The summed E-state index contributed by atoms with van der Waals surface area (Å²) in [7, 11) is 0. The minimum atomic E-state index is -0.360. The first kappa shape index (κ1) is 19.6. The Morgan fingerprint density at radius 1 is 1.10 bits per heavy atom. The molecule has 1 aliphatic heterocycles. The molecule has 5 rings (SSSR count). The lowest BCUT2D eigenvalue weighted by Crippen LogP contribution is -2.44. The van der Waals surface area contributed by atoms with Crippen LogP contribution in [0.4, 0.5) is 10.2 Å².